The first-order chi connectivity index (χ1) is 8.61. The van der Waals surface area contributed by atoms with Gasteiger partial charge in [0.25, 0.3) is 0 Å². The van der Waals surface area contributed by atoms with Crippen LogP contribution in [0.25, 0.3) is 0 Å². The van der Waals surface area contributed by atoms with Crippen molar-refractivity contribution in [3.8, 4) is 6.07 Å². The zero-order chi connectivity index (χ0) is 13.0. The molecule has 2 rings (SSSR count). The molecular weight excluding hydrogens is 224 g/mol. The highest BCUT2D eigenvalue weighted by atomic mass is 15.0. The number of aryl methyl sites for hydroxylation is 1. The average Bonchev–Trinajstić information content (AvgIpc) is 2.37. The normalized spacial score (nSPS) is 18.1. The SMILES string of the molecule is Cc1cc(C#N)cc(NCC2(N)CCCCC2)n1. The maximum Gasteiger partial charge on any atom is 0.127 e. The highest BCUT2D eigenvalue weighted by Crippen LogP contribution is 2.26. The number of hydrogen-bond acceptors (Lipinski definition) is 4. The molecule has 1 aromatic heterocycles. The number of nitrogens with zero attached hydrogens (tertiary/aromatic N) is 2. The molecule has 1 aliphatic carbocycles. The van der Waals surface area contributed by atoms with Gasteiger partial charge in [-0.05, 0) is 31.9 Å². The minimum absolute atomic E-state index is 0.115. The van der Waals surface area contributed by atoms with Crippen LogP contribution in [0.15, 0.2) is 12.1 Å². The molecule has 1 fully saturated rings. The van der Waals surface area contributed by atoms with Crippen LogP contribution in [-0.4, -0.2) is 17.1 Å². The molecule has 1 aromatic rings. The van der Waals surface area contributed by atoms with Crippen LogP contribution in [0.2, 0.25) is 0 Å². The molecular formula is C14H20N4. The van der Waals surface area contributed by atoms with Crippen molar-refractivity contribution in [3.63, 3.8) is 0 Å². The molecule has 1 aliphatic rings. The van der Waals surface area contributed by atoms with Crippen molar-refractivity contribution in [1.82, 2.24) is 4.98 Å². The number of hydrogen-bond donors (Lipinski definition) is 2. The maximum atomic E-state index is 8.92. The van der Waals surface area contributed by atoms with Gasteiger partial charge in [0, 0.05) is 17.8 Å². The number of nitriles is 1. The third kappa shape index (κ3) is 3.21. The third-order valence-electron chi connectivity index (χ3n) is 3.55. The molecule has 4 nitrogen and oxygen atoms in total. The largest absolute Gasteiger partial charge is 0.368 e. The zero-order valence-corrected chi connectivity index (χ0v) is 10.9. The summed E-state index contributed by atoms with van der Waals surface area (Å²) in [6.07, 6.45) is 5.85. The minimum atomic E-state index is -0.115. The molecule has 0 radical (unpaired) electrons. The molecule has 0 aliphatic heterocycles. The number of nitrogens with one attached hydrogen (secondary N) is 1. The number of aromatic nitrogens is 1. The highest BCUT2D eigenvalue weighted by molar-refractivity contribution is 5.44. The summed E-state index contributed by atoms with van der Waals surface area (Å²) in [7, 11) is 0. The van der Waals surface area contributed by atoms with E-state index in [-0.39, 0.29) is 5.54 Å². The van der Waals surface area contributed by atoms with Gasteiger partial charge in [0.05, 0.1) is 11.6 Å². The average molecular weight is 244 g/mol. The number of pyridine rings is 1. The molecule has 0 unspecified atom stereocenters. The van der Waals surface area contributed by atoms with Crippen molar-refractivity contribution >= 4 is 5.82 Å². The lowest BCUT2D eigenvalue weighted by Crippen LogP contribution is -2.47. The molecule has 96 valence electrons. The Morgan fingerprint density at radius 3 is 2.78 bits per heavy atom. The van der Waals surface area contributed by atoms with Crippen LogP contribution in [-0.2, 0) is 0 Å². The molecule has 0 atom stereocenters. The van der Waals surface area contributed by atoms with Crippen molar-refractivity contribution in [3.05, 3.63) is 23.4 Å². The smallest absolute Gasteiger partial charge is 0.127 e. The summed E-state index contributed by atoms with van der Waals surface area (Å²) < 4.78 is 0. The van der Waals surface area contributed by atoms with Gasteiger partial charge < -0.3 is 11.1 Å². The predicted octanol–water partition coefficient (Wildman–Crippen LogP) is 2.34. The first-order valence-corrected chi connectivity index (χ1v) is 6.53. The second-order valence-corrected chi connectivity index (χ2v) is 5.27. The zero-order valence-electron chi connectivity index (χ0n) is 10.9. The monoisotopic (exact) mass is 244 g/mol. The topological polar surface area (TPSA) is 74.7 Å². The van der Waals surface area contributed by atoms with E-state index in [0.29, 0.717) is 5.56 Å². The molecule has 0 spiro atoms. The Kier molecular flexibility index (Phi) is 3.83. The lowest BCUT2D eigenvalue weighted by atomic mass is 9.82. The fraction of sp³-hybridized carbons (Fsp3) is 0.571. The molecule has 18 heavy (non-hydrogen) atoms. The molecule has 0 aromatic carbocycles. The van der Waals surface area contributed by atoms with E-state index in [1.54, 1.807) is 12.1 Å². The fourth-order valence-electron chi connectivity index (χ4n) is 2.52. The van der Waals surface area contributed by atoms with Crippen molar-refractivity contribution in [1.29, 1.82) is 5.26 Å². The Morgan fingerprint density at radius 2 is 2.11 bits per heavy atom. The Bertz CT molecular complexity index is 455. The predicted molar refractivity (Wildman–Crippen MR) is 72.2 cm³/mol. The minimum Gasteiger partial charge on any atom is -0.368 e. The second kappa shape index (κ2) is 5.36. The molecule has 4 heteroatoms. The fourth-order valence-corrected chi connectivity index (χ4v) is 2.52. The highest BCUT2D eigenvalue weighted by Gasteiger charge is 2.27. The summed E-state index contributed by atoms with van der Waals surface area (Å²) in [4.78, 5) is 4.38. The lowest BCUT2D eigenvalue weighted by Gasteiger charge is -2.33. The Labute approximate surface area is 108 Å². The molecule has 1 heterocycles. The quantitative estimate of drug-likeness (QED) is 0.855. The van der Waals surface area contributed by atoms with Crippen LogP contribution < -0.4 is 11.1 Å². The van der Waals surface area contributed by atoms with Gasteiger partial charge in [-0.15, -0.1) is 0 Å². The van der Waals surface area contributed by atoms with Crippen molar-refractivity contribution < 1.29 is 0 Å². The van der Waals surface area contributed by atoms with Crippen LogP contribution in [0.4, 0.5) is 5.82 Å². The summed E-state index contributed by atoms with van der Waals surface area (Å²) >= 11 is 0. The summed E-state index contributed by atoms with van der Waals surface area (Å²) in [6.45, 7) is 2.62. The van der Waals surface area contributed by atoms with E-state index >= 15 is 0 Å². The summed E-state index contributed by atoms with van der Waals surface area (Å²) in [6, 6.07) is 5.70. The first kappa shape index (κ1) is 12.8. The summed E-state index contributed by atoms with van der Waals surface area (Å²) in [5.41, 5.74) is 7.74. The van der Waals surface area contributed by atoms with E-state index in [4.69, 9.17) is 11.0 Å². The van der Waals surface area contributed by atoms with Gasteiger partial charge in [-0.25, -0.2) is 4.98 Å². The molecule has 3 N–H and O–H groups in total. The van der Waals surface area contributed by atoms with Gasteiger partial charge in [-0.3, -0.25) is 0 Å². The second-order valence-electron chi connectivity index (χ2n) is 5.27. The van der Waals surface area contributed by atoms with E-state index in [9.17, 15) is 0 Å². The summed E-state index contributed by atoms with van der Waals surface area (Å²) in [5, 5.41) is 12.2. The van der Waals surface area contributed by atoms with Gasteiger partial charge in [0.15, 0.2) is 0 Å². The van der Waals surface area contributed by atoms with E-state index < -0.39 is 0 Å². The number of nitrogens with two attached hydrogens (primary N) is 1. The summed E-state index contributed by atoms with van der Waals surface area (Å²) in [5.74, 6) is 0.752. The third-order valence-corrected chi connectivity index (χ3v) is 3.55. The van der Waals surface area contributed by atoms with Crippen LogP contribution in [0.1, 0.15) is 43.4 Å². The Morgan fingerprint density at radius 1 is 1.39 bits per heavy atom. The van der Waals surface area contributed by atoms with Gasteiger partial charge in [-0.1, -0.05) is 19.3 Å². The maximum absolute atomic E-state index is 8.92. The Balaban J connectivity index is 2.01. The number of rotatable bonds is 3. The van der Waals surface area contributed by atoms with Gasteiger partial charge in [0.2, 0.25) is 0 Å². The van der Waals surface area contributed by atoms with E-state index in [0.717, 1.165) is 30.9 Å². The lowest BCUT2D eigenvalue weighted by molar-refractivity contribution is 0.311. The van der Waals surface area contributed by atoms with Gasteiger partial charge in [-0.2, -0.15) is 5.26 Å². The Hall–Kier alpha value is -1.60. The van der Waals surface area contributed by atoms with E-state index in [2.05, 4.69) is 16.4 Å². The van der Waals surface area contributed by atoms with Crippen molar-refractivity contribution in [2.45, 2.75) is 44.6 Å². The van der Waals surface area contributed by atoms with Crippen LogP contribution >= 0.6 is 0 Å². The van der Waals surface area contributed by atoms with E-state index in [1.807, 2.05) is 6.92 Å². The molecule has 1 saturated carbocycles. The van der Waals surface area contributed by atoms with Gasteiger partial charge >= 0.3 is 0 Å². The molecule has 0 saturated heterocycles. The van der Waals surface area contributed by atoms with Crippen LogP contribution in [0, 0.1) is 18.3 Å². The van der Waals surface area contributed by atoms with Crippen LogP contribution in [0.5, 0.6) is 0 Å². The standard InChI is InChI=1S/C14H20N4/c1-11-7-12(9-15)8-13(18-11)17-10-14(16)5-3-2-4-6-14/h7-8H,2-6,10,16H2,1H3,(H,17,18). The van der Waals surface area contributed by atoms with E-state index in [1.165, 1.54) is 19.3 Å². The number of anilines is 1. The molecule has 0 bridgehead atoms. The van der Waals surface area contributed by atoms with Crippen molar-refractivity contribution in [2.24, 2.45) is 5.73 Å². The first-order valence-electron chi connectivity index (χ1n) is 6.53. The van der Waals surface area contributed by atoms with Crippen molar-refractivity contribution in [2.75, 3.05) is 11.9 Å². The molecule has 0 amide bonds. The van der Waals surface area contributed by atoms with Crippen LogP contribution in [0.3, 0.4) is 0 Å². The van der Waals surface area contributed by atoms with Gasteiger partial charge in [0.1, 0.15) is 5.82 Å².